The van der Waals surface area contributed by atoms with Gasteiger partial charge >= 0.3 is 0 Å². The van der Waals surface area contributed by atoms with Crippen LogP contribution in [0.4, 0.5) is 4.39 Å². The molecule has 2 aromatic rings. The van der Waals surface area contributed by atoms with E-state index in [4.69, 9.17) is 9.47 Å². The van der Waals surface area contributed by atoms with Gasteiger partial charge in [-0.1, -0.05) is 6.07 Å². The van der Waals surface area contributed by atoms with Crippen molar-refractivity contribution in [2.24, 2.45) is 0 Å². The van der Waals surface area contributed by atoms with Crippen molar-refractivity contribution in [1.29, 1.82) is 0 Å². The summed E-state index contributed by atoms with van der Waals surface area (Å²) in [6, 6.07) is 9.56. The zero-order chi connectivity index (χ0) is 20.5. The van der Waals surface area contributed by atoms with Crippen LogP contribution in [-0.4, -0.2) is 39.1 Å². The molecule has 0 fully saturated rings. The van der Waals surface area contributed by atoms with Crippen LogP contribution in [0.15, 0.2) is 42.5 Å². The summed E-state index contributed by atoms with van der Waals surface area (Å²) in [5.41, 5.74) is 1.44. The second-order valence-corrected chi connectivity index (χ2v) is 5.95. The number of carbonyl (C=O) groups is 2. The third-order valence-corrected chi connectivity index (χ3v) is 4.00. The van der Waals surface area contributed by atoms with E-state index in [2.05, 4.69) is 10.6 Å². The van der Waals surface area contributed by atoms with Gasteiger partial charge in [-0.2, -0.15) is 0 Å². The molecule has 0 unspecified atom stereocenters. The van der Waals surface area contributed by atoms with Crippen LogP contribution in [0.3, 0.4) is 0 Å². The summed E-state index contributed by atoms with van der Waals surface area (Å²) in [5.74, 6) is 0.101. The van der Waals surface area contributed by atoms with E-state index in [0.29, 0.717) is 17.1 Å². The van der Waals surface area contributed by atoms with Crippen molar-refractivity contribution in [2.45, 2.75) is 6.92 Å². The van der Waals surface area contributed by atoms with Crippen molar-refractivity contribution >= 4 is 17.9 Å². The van der Waals surface area contributed by atoms with Crippen molar-refractivity contribution in [3.63, 3.8) is 0 Å². The molecular weight excluding hydrogens is 363 g/mol. The predicted octanol–water partition coefficient (Wildman–Crippen LogP) is 2.71. The van der Waals surface area contributed by atoms with E-state index in [1.54, 1.807) is 50.4 Å². The molecule has 0 atom stereocenters. The lowest BCUT2D eigenvalue weighted by Crippen LogP contribution is -2.34. The van der Waals surface area contributed by atoms with Crippen molar-refractivity contribution in [3.05, 3.63) is 65.0 Å². The van der Waals surface area contributed by atoms with E-state index in [1.165, 1.54) is 19.3 Å². The van der Waals surface area contributed by atoms with Crippen LogP contribution in [0.1, 0.15) is 21.5 Å². The fourth-order valence-electron chi connectivity index (χ4n) is 2.38. The van der Waals surface area contributed by atoms with Crippen LogP contribution in [0, 0.1) is 12.7 Å². The highest BCUT2D eigenvalue weighted by molar-refractivity contribution is 5.94. The average molecular weight is 386 g/mol. The molecular formula is C21H23FN2O4. The summed E-state index contributed by atoms with van der Waals surface area (Å²) in [4.78, 5) is 23.9. The third kappa shape index (κ3) is 5.84. The first-order valence-corrected chi connectivity index (χ1v) is 8.67. The number of aryl methyl sites for hydroxylation is 1. The Morgan fingerprint density at radius 1 is 1.04 bits per heavy atom. The topological polar surface area (TPSA) is 76.7 Å². The first kappa shape index (κ1) is 21.0. The number of rotatable bonds is 8. The number of ether oxygens (including phenoxy) is 2. The Hall–Kier alpha value is -3.35. The van der Waals surface area contributed by atoms with Crippen molar-refractivity contribution in [1.82, 2.24) is 10.6 Å². The number of nitrogens with one attached hydrogen (secondary N) is 2. The standard InChI is InChI=1S/C21H23FN2O4/c1-14-4-5-16(12-18(14)22)21(26)24-11-10-23-20(25)9-7-15-6-8-17(27-2)13-19(15)28-3/h4-9,12-13H,10-11H2,1-3H3,(H,23,25)(H,24,26)/b9-7+. The zero-order valence-electron chi connectivity index (χ0n) is 16.0. The summed E-state index contributed by atoms with van der Waals surface area (Å²) in [5, 5.41) is 5.29. The first-order valence-electron chi connectivity index (χ1n) is 8.67. The molecule has 2 aromatic carbocycles. The van der Waals surface area contributed by atoms with Crippen molar-refractivity contribution in [2.75, 3.05) is 27.3 Å². The molecule has 0 radical (unpaired) electrons. The van der Waals surface area contributed by atoms with Crippen LogP contribution in [0.5, 0.6) is 11.5 Å². The highest BCUT2D eigenvalue weighted by atomic mass is 19.1. The minimum absolute atomic E-state index is 0.222. The number of hydrogen-bond donors (Lipinski definition) is 2. The molecule has 2 rings (SSSR count). The highest BCUT2D eigenvalue weighted by Crippen LogP contribution is 2.25. The number of carbonyl (C=O) groups excluding carboxylic acids is 2. The Morgan fingerprint density at radius 2 is 1.79 bits per heavy atom. The van der Waals surface area contributed by atoms with Gasteiger partial charge in [-0.25, -0.2) is 4.39 Å². The second-order valence-electron chi connectivity index (χ2n) is 5.95. The largest absolute Gasteiger partial charge is 0.497 e. The smallest absolute Gasteiger partial charge is 0.251 e. The Balaban J connectivity index is 1.80. The Morgan fingerprint density at radius 3 is 2.46 bits per heavy atom. The van der Waals surface area contributed by atoms with Crippen LogP contribution < -0.4 is 20.1 Å². The molecule has 0 aliphatic carbocycles. The highest BCUT2D eigenvalue weighted by Gasteiger charge is 2.08. The molecule has 0 aliphatic heterocycles. The number of benzene rings is 2. The van der Waals surface area contributed by atoms with Crippen molar-refractivity contribution < 1.29 is 23.5 Å². The Bertz CT molecular complexity index is 881. The molecule has 2 amide bonds. The maximum Gasteiger partial charge on any atom is 0.251 e. The van der Waals surface area contributed by atoms with E-state index < -0.39 is 11.7 Å². The summed E-state index contributed by atoms with van der Waals surface area (Å²) >= 11 is 0. The van der Waals surface area contributed by atoms with Crippen LogP contribution in [-0.2, 0) is 4.79 Å². The van der Waals surface area contributed by atoms with Gasteiger partial charge in [0, 0.05) is 36.4 Å². The lowest BCUT2D eigenvalue weighted by molar-refractivity contribution is -0.116. The Kier molecular flexibility index (Phi) is 7.56. The fraction of sp³-hybridized carbons (Fsp3) is 0.238. The molecule has 0 spiro atoms. The van der Waals surface area contributed by atoms with Gasteiger partial charge in [0.05, 0.1) is 14.2 Å². The van der Waals surface area contributed by atoms with Gasteiger partial charge < -0.3 is 20.1 Å². The van der Waals surface area contributed by atoms with Crippen molar-refractivity contribution in [3.8, 4) is 11.5 Å². The first-order chi connectivity index (χ1) is 13.4. The quantitative estimate of drug-likeness (QED) is 0.540. The monoisotopic (exact) mass is 386 g/mol. The number of amides is 2. The molecule has 148 valence electrons. The van der Waals surface area contributed by atoms with Gasteiger partial charge in [0.2, 0.25) is 5.91 Å². The van der Waals surface area contributed by atoms with Crippen LogP contribution in [0.25, 0.3) is 6.08 Å². The van der Waals surface area contributed by atoms with E-state index >= 15 is 0 Å². The summed E-state index contributed by atoms with van der Waals surface area (Å²) in [7, 11) is 3.10. The molecule has 0 saturated heterocycles. The Labute approximate surface area is 163 Å². The van der Waals surface area contributed by atoms with Gasteiger partial charge in [0.1, 0.15) is 17.3 Å². The van der Waals surface area contributed by atoms with Gasteiger partial charge in [0.15, 0.2) is 0 Å². The molecule has 28 heavy (non-hydrogen) atoms. The minimum Gasteiger partial charge on any atom is -0.497 e. The molecule has 0 saturated carbocycles. The molecule has 0 bridgehead atoms. The fourth-order valence-corrected chi connectivity index (χ4v) is 2.38. The minimum atomic E-state index is -0.431. The summed E-state index contributed by atoms with van der Waals surface area (Å²) in [6.07, 6.45) is 3.00. The second kappa shape index (κ2) is 10.1. The lowest BCUT2D eigenvalue weighted by atomic mass is 10.1. The van der Waals surface area contributed by atoms with E-state index in [0.717, 1.165) is 5.56 Å². The molecule has 0 heterocycles. The number of halogens is 1. The maximum absolute atomic E-state index is 13.5. The summed E-state index contributed by atoms with van der Waals surface area (Å²) < 4.78 is 23.9. The van der Waals surface area contributed by atoms with E-state index in [9.17, 15) is 14.0 Å². The van der Waals surface area contributed by atoms with E-state index in [-0.39, 0.29) is 24.6 Å². The lowest BCUT2D eigenvalue weighted by Gasteiger charge is -2.08. The third-order valence-electron chi connectivity index (χ3n) is 4.00. The zero-order valence-corrected chi connectivity index (χ0v) is 16.0. The van der Waals surface area contributed by atoms with Crippen LogP contribution in [0.2, 0.25) is 0 Å². The SMILES string of the molecule is COc1ccc(/C=C/C(=O)NCCNC(=O)c2ccc(C)c(F)c2)c(OC)c1. The molecule has 2 N–H and O–H groups in total. The maximum atomic E-state index is 13.5. The molecule has 7 heteroatoms. The van der Waals surface area contributed by atoms with Gasteiger partial charge in [-0.05, 0) is 42.8 Å². The van der Waals surface area contributed by atoms with Gasteiger partial charge in [-0.3, -0.25) is 9.59 Å². The van der Waals surface area contributed by atoms with E-state index in [1.807, 2.05) is 0 Å². The molecule has 6 nitrogen and oxygen atoms in total. The molecule has 0 aromatic heterocycles. The average Bonchev–Trinajstić information content (AvgIpc) is 2.71. The molecule has 0 aliphatic rings. The number of methoxy groups -OCH3 is 2. The number of hydrogen-bond acceptors (Lipinski definition) is 4. The van der Waals surface area contributed by atoms with Gasteiger partial charge in [-0.15, -0.1) is 0 Å². The van der Waals surface area contributed by atoms with Gasteiger partial charge in [0.25, 0.3) is 5.91 Å². The normalized spacial score (nSPS) is 10.6. The van der Waals surface area contributed by atoms with Crippen LogP contribution >= 0.6 is 0 Å². The predicted molar refractivity (Wildman–Crippen MR) is 105 cm³/mol. The summed E-state index contributed by atoms with van der Waals surface area (Å²) in [6.45, 7) is 2.09.